The summed E-state index contributed by atoms with van der Waals surface area (Å²) in [7, 11) is 0. The van der Waals surface area contributed by atoms with E-state index in [1.54, 1.807) is 12.1 Å². The van der Waals surface area contributed by atoms with Crippen LogP contribution in [0.4, 0.5) is 4.39 Å². The maximum absolute atomic E-state index is 13.5. The van der Waals surface area contributed by atoms with Gasteiger partial charge in [0.1, 0.15) is 5.82 Å². The van der Waals surface area contributed by atoms with Crippen molar-refractivity contribution in [2.24, 2.45) is 0 Å². The van der Waals surface area contributed by atoms with Crippen LogP contribution in [-0.2, 0) is 6.54 Å². The molecule has 1 nitrogen and oxygen atoms in total. The minimum absolute atomic E-state index is 0.182. The van der Waals surface area contributed by atoms with E-state index < -0.39 is 0 Å². The largest absolute Gasteiger partial charge is 0.366 e. The molecule has 0 saturated carbocycles. The lowest BCUT2D eigenvalue weighted by atomic mass is 9.94. The van der Waals surface area contributed by atoms with Gasteiger partial charge in [0.25, 0.3) is 0 Å². The van der Waals surface area contributed by atoms with Crippen LogP contribution in [0.3, 0.4) is 0 Å². The van der Waals surface area contributed by atoms with Crippen LogP contribution in [0, 0.1) is 5.82 Å². The van der Waals surface area contributed by atoms with Crippen LogP contribution in [0.25, 0.3) is 5.57 Å². The van der Waals surface area contributed by atoms with Crippen molar-refractivity contribution in [2.45, 2.75) is 25.4 Å². The molecular weight excluding hydrogens is 273 g/mol. The fourth-order valence-electron chi connectivity index (χ4n) is 2.95. The van der Waals surface area contributed by atoms with Crippen molar-refractivity contribution in [2.75, 3.05) is 0 Å². The Morgan fingerprint density at radius 2 is 1.95 bits per heavy atom. The number of nitrogens with zero attached hydrogens (tertiary/aromatic N) is 1. The third kappa shape index (κ3) is 3.28. The molecule has 1 aliphatic rings. The van der Waals surface area contributed by atoms with Crippen LogP contribution in [-0.4, -0.2) is 10.9 Å². The van der Waals surface area contributed by atoms with Crippen molar-refractivity contribution in [1.29, 1.82) is 0 Å². The topological polar surface area (TPSA) is 3.24 Å². The standard InChI is InChI=1S/C20H20FN/c1-2-20-12-11-18(17-9-6-10-19(21)13-17)15-22(20)14-16-7-4-3-5-8-16/h2-10,13,15,20H,1,11-12,14H2/t20-/m0/s1. The molecule has 0 N–H and O–H groups in total. The Hall–Kier alpha value is -2.35. The van der Waals surface area contributed by atoms with Crippen LogP contribution in [0.1, 0.15) is 24.0 Å². The van der Waals surface area contributed by atoms with Crippen LogP contribution in [0.15, 0.2) is 73.5 Å². The van der Waals surface area contributed by atoms with E-state index in [1.165, 1.54) is 17.2 Å². The number of halogens is 1. The SMILES string of the molecule is C=C[C@H]1CCC(c2cccc(F)c2)=CN1Cc1ccccc1. The quantitative estimate of drug-likeness (QED) is 0.716. The third-order valence-corrected chi connectivity index (χ3v) is 4.13. The van der Waals surface area contributed by atoms with Gasteiger partial charge in [0.15, 0.2) is 0 Å². The zero-order valence-electron chi connectivity index (χ0n) is 12.6. The lowest BCUT2D eigenvalue weighted by Gasteiger charge is -2.34. The molecule has 2 aromatic rings. The van der Waals surface area contributed by atoms with Gasteiger partial charge in [-0.3, -0.25) is 0 Å². The average Bonchev–Trinajstić information content (AvgIpc) is 2.56. The van der Waals surface area contributed by atoms with Gasteiger partial charge in [0.2, 0.25) is 0 Å². The molecule has 2 heteroatoms. The Morgan fingerprint density at radius 3 is 2.68 bits per heavy atom. The van der Waals surface area contributed by atoms with Crippen LogP contribution >= 0.6 is 0 Å². The second-order valence-electron chi connectivity index (χ2n) is 5.66. The lowest BCUT2D eigenvalue weighted by molar-refractivity contribution is 0.289. The summed E-state index contributed by atoms with van der Waals surface area (Å²) in [5.41, 5.74) is 3.43. The monoisotopic (exact) mass is 293 g/mol. The summed E-state index contributed by atoms with van der Waals surface area (Å²) in [4.78, 5) is 2.30. The van der Waals surface area contributed by atoms with E-state index in [0.717, 1.165) is 24.9 Å². The van der Waals surface area contributed by atoms with Gasteiger partial charge in [0.05, 0.1) is 0 Å². The molecular formula is C20H20FN. The van der Waals surface area contributed by atoms with Gasteiger partial charge in [-0.15, -0.1) is 6.58 Å². The third-order valence-electron chi connectivity index (χ3n) is 4.13. The minimum atomic E-state index is -0.182. The van der Waals surface area contributed by atoms with Crippen molar-refractivity contribution in [3.8, 4) is 0 Å². The van der Waals surface area contributed by atoms with Crippen LogP contribution in [0.2, 0.25) is 0 Å². The lowest BCUT2D eigenvalue weighted by Crippen LogP contribution is -2.31. The second-order valence-corrected chi connectivity index (χ2v) is 5.66. The first-order chi connectivity index (χ1) is 10.8. The summed E-state index contributed by atoms with van der Waals surface area (Å²) in [6.45, 7) is 4.80. The second kappa shape index (κ2) is 6.61. The van der Waals surface area contributed by atoms with E-state index in [2.05, 4.69) is 41.9 Å². The van der Waals surface area contributed by atoms with E-state index in [-0.39, 0.29) is 5.82 Å². The van der Waals surface area contributed by atoms with Gasteiger partial charge in [-0.1, -0.05) is 48.5 Å². The predicted molar refractivity (Wildman–Crippen MR) is 89.6 cm³/mol. The molecule has 0 unspecified atom stereocenters. The highest BCUT2D eigenvalue weighted by molar-refractivity contribution is 5.66. The molecule has 112 valence electrons. The van der Waals surface area contributed by atoms with Crippen molar-refractivity contribution in [1.82, 2.24) is 4.90 Å². The number of rotatable bonds is 4. The summed E-state index contributed by atoms with van der Waals surface area (Å²) in [5, 5.41) is 0. The van der Waals surface area contributed by atoms with Crippen LogP contribution in [0.5, 0.6) is 0 Å². The first kappa shape index (κ1) is 14.6. The molecule has 0 aliphatic carbocycles. The molecule has 2 aromatic carbocycles. The highest BCUT2D eigenvalue weighted by Crippen LogP contribution is 2.30. The highest BCUT2D eigenvalue weighted by Gasteiger charge is 2.20. The van der Waals surface area contributed by atoms with E-state index in [1.807, 2.05) is 18.2 Å². The Morgan fingerprint density at radius 1 is 1.14 bits per heavy atom. The molecule has 0 spiro atoms. The summed E-state index contributed by atoms with van der Waals surface area (Å²) < 4.78 is 13.5. The van der Waals surface area contributed by atoms with Gasteiger partial charge >= 0.3 is 0 Å². The summed E-state index contributed by atoms with van der Waals surface area (Å²) in [5.74, 6) is -0.182. The zero-order chi connectivity index (χ0) is 15.4. The van der Waals surface area contributed by atoms with E-state index in [0.29, 0.717) is 6.04 Å². The Kier molecular flexibility index (Phi) is 4.38. The highest BCUT2D eigenvalue weighted by atomic mass is 19.1. The molecule has 0 fully saturated rings. The zero-order valence-corrected chi connectivity index (χ0v) is 12.6. The molecule has 1 heterocycles. The first-order valence-electron chi connectivity index (χ1n) is 7.65. The molecule has 0 amide bonds. The Labute approximate surface area is 131 Å². The molecule has 0 aromatic heterocycles. The first-order valence-corrected chi connectivity index (χ1v) is 7.65. The number of benzene rings is 2. The van der Waals surface area contributed by atoms with Gasteiger partial charge in [-0.25, -0.2) is 4.39 Å². The average molecular weight is 293 g/mol. The smallest absolute Gasteiger partial charge is 0.123 e. The number of hydrogen-bond donors (Lipinski definition) is 0. The molecule has 0 saturated heterocycles. The van der Waals surface area contributed by atoms with Crippen molar-refractivity contribution >= 4 is 5.57 Å². The van der Waals surface area contributed by atoms with E-state index in [9.17, 15) is 4.39 Å². The number of hydrogen-bond acceptors (Lipinski definition) is 1. The van der Waals surface area contributed by atoms with Crippen molar-refractivity contribution in [3.63, 3.8) is 0 Å². The fraction of sp³-hybridized carbons (Fsp3) is 0.200. The Balaban J connectivity index is 1.87. The molecule has 1 atom stereocenters. The van der Waals surface area contributed by atoms with Crippen molar-refractivity contribution < 1.29 is 4.39 Å². The maximum Gasteiger partial charge on any atom is 0.123 e. The predicted octanol–water partition coefficient (Wildman–Crippen LogP) is 5.02. The van der Waals surface area contributed by atoms with Crippen LogP contribution < -0.4 is 0 Å². The van der Waals surface area contributed by atoms with E-state index >= 15 is 0 Å². The normalized spacial score (nSPS) is 18.0. The summed E-state index contributed by atoms with van der Waals surface area (Å²) >= 11 is 0. The molecule has 1 aliphatic heterocycles. The van der Waals surface area contributed by atoms with Gasteiger partial charge in [-0.05, 0) is 41.7 Å². The molecule has 22 heavy (non-hydrogen) atoms. The molecule has 3 rings (SSSR count). The van der Waals surface area contributed by atoms with Gasteiger partial charge in [-0.2, -0.15) is 0 Å². The molecule has 0 radical (unpaired) electrons. The van der Waals surface area contributed by atoms with Gasteiger partial charge < -0.3 is 4.90 Å². The van der Waals surface area contributed by atoms with E-state index in [4.69, 9.17) is 0 Å². The Bertz CT molecular complexity index is 675. The summed E-state index contributed by atoms with van der Waals surface area (Å²) in [6, 6.07) is 17.6. The number of allylic oxidation sites excluding steroid dienone is 1. The molecule has 0 bridgehead atoms. The minimum Gasteiger partial charge on any atom is -0.366 e. The van der Waals surface area contributed by atoms with Crippen molar-refractivity contribution in [3.05, 3.63) is 90.4 Å². The maximum atomic E-state index is 13.5. The summed E-state index contributed by atoms with van der Waals surface area (Å²) in [6.07, 6.45) is 6.13. The fourth-order valence-corrected chi connectivity index (χ4v) is 2.95. The van der Waals surface area contributed by atoms with Gasteiger partial charge in [0, 0.05) is 18.8 Å².